The molecule has 2 aromatic heterocycles. The number of nitrogens with zero attached hydrogens (tertiary/aromatic N) is 4. The molecule has 0 spiro atoms. The zero-order chi connectivity index (χ0) is 19.6. The Morgan fingerprint density at radius 3 is 2.41 bits per heavy atom. The van der Waals surface area contributed by atoms with E-state index in [1.165, 1.54) is 4.68 Å². The number of amides is 2. The van der Waals surface area contributed by atoms with Gasteiger partial charge in [-0.25, -0.2) is 0 Å². The van der Waals surface area contributed by atoms with Gasteiger partial charge in [0.1, 0.15) is 5.69 Å². The summed E-state index contributed by atoms with van der Waals surface area (Å²) in [5.41, 5.74) is 2.20. The fourth-order valence-electron chi connectivity index (χ4n) is 2.61. The number of aromatic nitrogens is 4. The zero-order valence-electron chi connectivity index (χ0n) is 15.2. The number of nitrogens with one attached hydrogen (secondary N) is 2. The van der Waals surface area contributed by atoms with Crippen LogP contribution in [-0.4, -0.2) is 31.4 Å². The topological polar surface area (TPSA) is 93.8 Å². The van der Waals surface area contributed by atoms with E-state index in [4.69, 9.17) is 0 Å². The Morgan fingerprint density at radius 2 is 1.81 bits per heavy atom. The van der Waals surface area contributed by atoms with E-state index >= 15 is 0 Å². The molecule has 0 aliphatic carbocycles. The van der Waals surface area contributed by atoms with Gasteiger partial charge in [-0.05, 0) is 41.9 Å². The Morgan fingerprint density at radius 1 is 1.11 bits per heavy atom. The van der Waals surface area contributed by atoms with Crippen LogP contribution in [0.25, 0.3) is 0 Å². The molecule has 0 bridgehead atoms. The summed E-state index contributed by atoms with van der Waals surface area (Å²) in [6, 6.07) is 9.07. The quantitative estimate of drug-likeness (QED) is 0.649. The lowest BCUT2D eigenvalue weighted by Crippen LogP contribution is -2.20. The first-order valence-electron chi connectivity index (χ1n) is 8.35. The smallest absolute Gasteiger partial charge is 0.278 e. The minimum Gasteiger partial charge on any atom is -0.321 e. The number of benzene rings is 1. The first-order chi connectivity index (χ1) is 12.9. The maximum atomic E-state index is 12.7. The largest absolute Gasteiger partial charge is 0.321 e. The minimum absolute atomic E-state index is 0.143. The summed E-state index contributed by atoms with van der Waals surface area (Å²) in [4.78, 5) is 25.4. The van der Waals surface area contributed by atoms with Gasteiger partial charge in [-0.1, -0.05) is 18.2 Å². The van der Waals surface area contributed by atoms with E-state index in [1.54, 1.807) is 37.0 Å². The maximum absolute atomic E-state index is 12.7. The van der Waals surface area contributed by atoms with Crippen molar-refractivity contribution in [2.75, 3.05) is 10.6 Å². The molecule has 2 amide bonds. The summed E-state index contributed by atoms with van der Waals surface area (Å²) in [5.74, 6) is -0.779. The predicted octanol–water partition coefficient (Wildman–Crippen LogP) is 3.21. The van der Waals surface area contributed by atoms with Gasteiger partial charge >= 0.3 is 0 Å². The van der Waals surface area contributed by atoms with Crippen LogP contribution in [-0.2, 0) is 13.6 Å². The van der Waals surface area contributed by atoms with E-state index in [0.717, 1.165) is 0 Å². The van der Waals surface area contributed by atoms with Crippen LogP contribution in [0.2, 0.25) is 0 Å². The van der Waals surface area contributed by atoms with Crippen LogP contribution in [0.15, 0.2) is 41.0 Å². The van der Waals surface area contributed by atoms with Crippen molar-refractivity contribution in [2.24, 2.45) is 7.05 Å². The Kier molecular flexibility index (Phi) is 5.41. The van der Waals surface area contributed by atoms with Crippen LogP contribution in [0.4, 0.5) is 11.4 Å². The lowest BCUT2D eigenvalue weighted by Gasteiger charge is -2.07. The van der Waals surface area contributed by atoms with E-state index in [0.29, 0.717) is 33.8 Å². The first-order valence-corrected chi connectivity index (χ1v) is 9.14. The van der Waals surface area contributed by atoms with Gasteiger partial charge in [-0.3, -0.25) is 19.0 Å². The van der Waals surface area contributed by atoms with E-state index in [-0.39, 0.29) is 11.6 Å². The molecular weight excluding hydrogens is 412 g/mol. The Balaban J connectivity index is 1.88. The third-order valence-corrected chi connectivity index (χ3v) is 4.89. The van der Waals surface area contributed by atoms with Crippen LogP contribution in [0.3, 0.4) is 0 Å². The molecule has 3 aromatic rings. The number of hydrogen-bond acceptors (Lipinski definition) is 4. The summed E-state index contributed by atoms with van der Waals surface area (Å²) in [7, 11) is 1.69. The highest BCUT2D eigenvalue weighted by Gasteiger charge is 2.23. The van der Waals surface area contributed by atoms with Crippen molar-refractivity contribution < 1.29 is 9.59 Å². The van der Waals surface area contributed by atoms with Crippen LogP contribution >= 0.6 is 15.9 Å². The van der Waals surface area contributed by atoms with Crippen LogP contribution in [0.5, 0.6) is 0 Å². The Labute approximate surface area is 164 Å². The van der Waals surface area contributed by atoms with E-state index < -0.39 is 5.91 Å². The predicted molar refractivity (Wildman–Crippen MR) is 106 cm³/mol. The van der Waals surface area contributed by atoms with Gasteiger partial charge in [0.15, 0.2) is 5.69 Å². The molecule has 2 heterocycles. The molecule has 0 aliphatic heterocycles. The monoisotopic (exact) mass is 430 g/mol. The molecule has 140 valence electrons. The minimum atomic E-state index is -0.399. The lowest BCUT2D eigenvalue weighted by molar-refractivity contribution is 0.101. The van der Waals surface area contributed by atoms with Crippen molar-refractivity contribution in [3.05, 3.63) is 58.1 Å². The molecule has 27 heavy (non-hydrogen) atoms. The standard InChI is InChI=1S/C18H19BrN6O2/c1-4-25-10-13(21-18(27)16-14(19)11(2)22-24(16)3)15(23-25)17(26)20-12-8-6-5-7-9-12/h5-10H,4H2,1-3H3,(H,20,26)(H,21,27). The van der Waals surface area contributed by atoms with Crippen molar-refractivity contribution in [3.8, 4) is 0 Å². The van der Waals surface area contributed by atoms with Gasteiger partial charge in [0.25, 0.3) is 11.8 Å². The van der Waals surface area contributed by atoms with Crippen molar-refractivity contribution in [3.63, 3.8) is 0 Å². The molecule has 8 nitrogen and oxygen atoms in total. The van der Waals surface area contributed by atoms with E-state index in [9.17, 15) is 9.59 Å². The summed E-state index contributed by atoms with van der Waals surface area (Å²) in [6.45, 7) is 4.27. The van der Waals surface area contributed by atoms with Gasteiger partial charge in [-0.2, -0.15) is 10.2 Å². The number of para-hydroxylation sites is 1. The summed E-state index contributed by atoms with van der Waals surface area (Å²) in [6.07, 6.45) is 1.63. The Hall–Kier alpha value is -2.94. The summed E-state index contributed by atoms with van der Waals surface area (Å²) < 4.78 is 3.70. The first kappa shape index (κ1) is 18.8. The molecule has 3 rings (SSSR count). The second-order valence-corrected chi connectivity index (χ2v) is 6.69. The highest BCUT2D eigenvalue weighted by atomic mass is 79.9. The number of halogens is 1. The molecule has 9 heteroatoms. The molecule has 2 N–H and O–H groups in total. The molecule has 0 fully saturated rings. The molecule has 0 aliphatic rings. The third-order valence-electron chi connectivity index (χ3n) is 3.94. The maximum Gasteiger partial charge on any atom is 0.278 e. The van der Waals surface area contributed by atoms with E-state index in [1.807, 2.05) is 25.1 Å². The molecule has 0 atom stereocenters. The Bertz CT molecular complexity index is 993. The highest BCUT2D eigenvalue weighted by Crippen LogP contribution is 2.23. The molecule has 1 aromatic carbocycles. The van der Waals surface area contributed by atoms with Crippen LogP contribution < -0.4 is 10.6 Å². The van der Waals surface area contributed by atoms with Gasteiger partial charge in [-0.15, -0.1) is 0 Å². The number of carbonyl (C=O) groups is 2. The number of rotatable bonds is 5. The second kappa shape index (κ2) is 7.75. The fraction of sp³-hybridized carbons (Fsp3) is 0.222. The van der Waals surface area contributed by atoms with Crippen LogP contribution in [0.1, 0.15) is 33.6 Å². The molecule has 0 unspecified atom stereocenters. The van der Waals surface area contributed by atoms with Gasteiger partial charge in [0, 0.05) is 25.5 Å². The zero-order valence-corrected chi connectivity index (χ0v) is 16.7. The van der Waals surface area contributed by atoms with Crippen molar-refractivity contribution in [2.45, 2.75) is 20.4 Å². The average Bonchev–Trinajstić information content (AvgIpc) is 3.16. The number of aryl methyl sites for hydroxylation is 3. The van der Waals surface area contributed by atoms with Gasteiger partial charge in [0.05, 0.1) is 15.9 Å². The van der Waals surface area contributed by atoms with Gasteiger partial charge in [0.2, 0.25) is 0 Å². The summed E-state index contributed by atoms with van der Waals surface area (Å²) >= 11 is 3.38. The average molecular weight is 431 g/mol. The molecule has 0 saturated carbocycles. The number of carbonyl (C=O) groups excluding carboxylic acids is 2. The van der Waals surface area contributed by atoms with Crippen LogP contribution in [0, 0.1) is 6.92 Å². The molecule has 0 radical (unpaired) electrons. The fourth-order valence-corrected chi connectivity index (χ4v) is 3.13. The third kappa shape index (κ3) is 3.92. The molecular formula is C18H19BrN6O2. The van der Waals surface area contributed by atoms with Crippen molar-refractivity contribution in [1.29, 1.82) is 0 Å². The summed E-state index contributed by atoms with van der Waals surface area (Å²) in [5, 5.41) is 14.0. The number of anilines is 2. The van der Waals surface area contributed by atoms with Crippen molar-refractivity contribution >= 4 is 39.1 Å². The highest BCUT2D eigenvalue weighted by molar-refractivity contribution is 9.10. The normalized spacial score (nSPS) is 10.7. The lowest BCUT2D eigenvalue weighted by atomic mass is 10.2. The SMILES string of the molecule is CCn1cc(NC(=O)c2c(Br)c(C)nn2C)c(C(=O)Nc2ccccc2)n1. The van der Waals surface area contributed by atoms with Crippen molar-refractivity contribution in [1.82, 2.24) is 19.6 Å². The number of hydrogen-bond donors (Lipinski definition) is 2. The molecule has 0 saturated heterocycles. The van der Waals surface area contributed by atoms with E-state index in [2.05, 4.69) is 36.8 Å². The second-order valence-electron chi connectivity index (χ2n) is 5.89. The van der Waals surface area contributed by atoms with Gasteiger partial charge < -0.3 is 10.6 Å².